The van der Waals surface area contributed by atoms with Crippen LogP contribution in [0.3, 0.4) is 0 Å². The molecule has 0 saturated carbocycles. The predicted molar refractivity (Wildman–Crippen MR) is 171 cm³/mol. The smallest absolute Gasteiger partial charge is 0.0240 e. The lowest BCUT2D eigenvalue weighted by Gasteiger charge is -2.24. The molecule has 204 valence electrons. The molecule has 0 fully saturated rings. The lowest BCUT2D eigenvalue weighted by atomic mass is 9.80. The van der Waals surface area contributed by atoms with Gasteiger partial charge in [-0.3, -0.25) is 0 Å². The van der Waals surface area contributed by atoms with Gasteiger partial charge in [0.15, 0.2) is 0 Å². The standard InChI is InChI=1S/C38H52/c1-12-26(3)32-14-16-33(17-15-32)36-23-29(13-2)22-35(36)28(5)18-27(4)34-20-30(24-37(6,7)8)19-31(21-34)25-38(9,10)11/h14-17,19-23,28,36H,3-4,12-13,18,24-25H2,1-2,5-11H3. The van der Waals surface area contributed by atoms with E-state index >= 15 is 0 Å². The first-order chi connectivity index (χ1) is 17.7. The average molecular weight is 509 g/mol. The summed E-state index contributed by atoms with van der Waals surface area (Å²) in [6.45, 7) is 29.6. The van der Waals surface area contributed by atoms with Crippen molar-refractivity contribution in [3.05, 3.63) is 107 Å². The van der Waals surface area contributed by atoms with Gasteiger partial charge in [0.1, 0.15) is 0 Å². The molecule has 2 atom stereocenters. The highest BCUT2D eigenvalue weighted by atomic mass is 14.3. The monoisotopic (exact) mass is 508 g/mol. The zero-order chi connectivity index (χ0) is 28.3. The van der Waals surface area contributed by atoms with Crippen LogP contribution in [-0.2, 0) is 12.8 Å². The van der Waals surface area contributed by atoms with Gasteiger partial charge in [-0.2, -0.15) is 0 Å². The minimum absolute atomic E-state index is 0.259. The van der Waals surface area contributed by atoms with Gasteiger partial charge in [-0.05, 0) is 87.8 Å². The molecule has 2 aromatic carbocycles. The van der Waals surface area contributed by atoms with Gasteiger partial charge < -0.3 is 0 Å². The van der Waals surface area contributed by atoms with Crippen LogP contribution in [0.15, 0.2) is 78.9 Å². The summed E-state index contributed by atoms with van der Waals surface area (Å²) in [6, 6.07) is 16.3. The van der Waals surface area contributed by atoms with Crippen LogP contribution in [0, 0.1) is 16.7 Å². The van der Waals surface area contributed by atoms with Crippen molar-refractivity contribution >= 4 is 11.1 Å². The quantitative estimate of drug-likeness (QED) is 0.299. The molecular formula is C38H52. The average Bonchev–Trinajstić information content (AvgIpc) is 3.26. The molecule has 0 aromatic heterocycles. The number of hydrogen-bond acceptors (Lipinski definition) is 0. The normalized spacial score (nSPS) is 16.7. The Morgan fingerprint density at radius 3 is 1.82 bits per heavy atom. The minimum Gasteiger partial charge on any atom is -0.0952 e. The third kappa shape index (κ3) is 8.20. The van der Waals surface area contributed by atoms with E-state index in [0.29, 0.717) is 11.8 Å². The summed E-state index contributed by atoms with van der Waals surface area (Å²) in [4.78, 5) is 0. The van der Waals surface area contributed by atoms with E-state index in [1.807, 2.05) is 0 Å². The van der Waals surface area contributed by atoms with Crippen LogP contribution in [0.4, 0.5) is 0 Å². The third-order valence-electron chi connectivity index (χ3n) is 7.66. The van der Waals surface area contributed by atoms with Gasteiger partial charge in [-0.1, -0.05) is 141 Å². The van der Waals surface area contributed by atoms with Gasteiger partial charge in [0, 0.05) is 5.92 Å². The largest absolute Gasteiger partial charge is 0.0952 e. The van der Waals surface area contributed by atoms with Crippen LogP contribution >= 0.6 is 0 Å². The fourth-order valence-electron chi connectivity index (χ4n) is 5.75. The van der Waals surface area contributed by atoms with Gasteiger partial charge >= 0.3 is 0 Å². The summed E-state index contributed by atoms with van der Waals surface area (Å²) >= 11 is 0. The lowest BCUT2D eigenvalue weighted by molar-refractivity contribution is 0.405. The van der Waals surface area contributed by atoms with Gasteiger partial charge in [0.05, 0.1) is 0 Å². The van der Waals surface area contributed by atoms with Crippen molar-refractivity contribution in [2.45, 2.75) is 100 Å². The van der Waals surface area contributed by atoms with Gasteiger partial charge in [-0.25, -0.2) is 0 Å². The Morgan fingerprint density at radius 1 is 0.789 bits per heavy atom. The van der Waals surface area contributed by atoms with E-state index in [4.69, 9.17) is 0 Å². The molecule has 0 heteroatoms. The van der Waals surface area contributed by atoms with Crippen LogP contribution in [0.1, 0.15) is 115 Å². The number of hydrogen-bond donors (Lipinski definition) is 0. The number of allylic oxidation sites excluding steroid dienone is 6. The van der Waals surface area contributed by atoms with E-state index in [0.717, 1.165) is 32.1 Å². The molecule has 1 aliphatic carbocycles. The van der Waals surface area contributed by atoms with Gasteiger partial charge in [0.2, 0.25) is 0 Å². The Balaban J connectivity index is 1.86. The van der Waals surface area contributed by atoms with E-state index in [-0.39, 0.29) is 10.8 Å². The van der Waals surface area contributed by atoms with Crippen LogP contribution in [0.25, 0.3) is 11.1 Å². The zero-order valence-corrected chi connectivity index (χ0v) is 25.8. The van der Waals surface area contributed by atoms with Crippen LogP contribution < -0.4 is 0 Å². The molecule has 0 N–H and O–H groups in total. The second-order valence-corrected chi connectivity index (χ2v) is 14.0. The highest BCUT2D eigenvalue weighted by Gasteiger charge is 2.26. The van der Waals surface area contributed by atoms with Crippen molar-refractivity contribution in [1.82, 2.24) is 0 Å². The maximum absolute atomic E-state index is 4.63. The van der Waals surface area contributed by atoms with Crippen molar-refractivity contribution in [2.24, 2.45) is 16.7 Å². The first-order valence-corrected chi connectivity index (χ1v) is 14.7. The predicted octanol–water partition coefficient (Wildman–Crippen LogP) is 11.4. The van der Waals surface area contributed by atoms with E-state index in [2.05, 4.69) is 130 Å². The summed E-state index contributed by atoms with van der Waals surface area (Å²) in [5.74, 6) is 0.774. The fraction of sp³-hybridized carbons (Fsp3) is 0.474. The minimum atomic E-state index is 0.259. The molecule has 1 aliphatic rings. The zero-order valence-electron chi connectivity index (χ0n) is 25.8. The highest BCUT2D eigenvalue weighted by Crippen LogP contribution is 2.42. The summed E-state index contributed by atoms with van der Waals surface area (Å²) in [6.07, 6.45) is 10.1. The molecule has 0 aliphatic heterocycles. The first-order valence-electron chi connectivity index (χ1n) is 14.7. The fourth-order valence-corrected chi connectivity index (χ4v) is 5.75. The number of benzene rings is 2. The van der Waals surface area contributed by atoms with E-state index in [9.17, 15) is 0 Å². The van der Waals surface area contributed by atoms with Crippen molar-refractivity contribution in [2.75, 3.05) is 0 Å². The Kier molecular flexibility index (Phi) is 9.51. The Morgan fingerprint density at radius 2 is 1.34 bits per heavy atom. The summed E-state index contributed by atoms with van der Waals surface area (Å²) in [7, 11) is 0. The molecule has 0 radical (unpaired) electrons. The molecule has 0 spiro atoms. The lowest BCUT2D eigenvalue weighted by Crippen LogP contribution is -2.13. The van der Waals surface area contributed by atoms with Crippen molar-refractivity contribution < 1.29 is 0 Å². The van der Waals surface area contributed by atoms with Crippen molar-refractivity contribution in [1.29, 1.82) is 0 Å². The molecule has 2 unspecified atom stereocenters. The Bertz CT molecular complexity index is 1160. The molecule has 0 heterocycles. The molecule has 38 heavy (non-hydrogen) atoms. The summed E-state index contributed by atoms with van der Waals surface area (Å²) in [5, 5.41) is 0. The topological polar surface area (TPSA) is 0 Å². The maximum Gasteiger partial charge on any atom is 0.0240 e. The van der Waals surface area contributed by atoms with E-state index < -0.39 is 0 Å². The Labute approximate surface area is 234 Å². The SMILES string of the molecule is C=C(CC)c1ccc(C2C=C(CC)C=C2C(C)CC(=C)c2cc(CC(C)(C)C)cc(CC(C)(C)C)c2)cc1. The molecular weight excluding hydrogens is 456 g/mol. The Hall–Kier alpha value is -2.60. The second kappa shape index (κ2) is 12.1. The maximum atomic E-state index is 4.63. The second-order valence-electron chi connectivity index (χ2n) is 14.0. The molecule has 0 saturated heterocycles. The van der Waals surface area contributed by atoms with E-state index in [1.165, 1.54) is 50.1 Å². The van der Waals surface area contributed by atoms with Crippen LogP contribution in [-0.4, -0.2) is 0 Å². The van der Waals surface area contributed by atoms with Crippen LogP contribution in [0.5, 0.6) is 0 Å². The molecule has 0 amide bonds. The van der Waals surface area contributed by atoms with Gasteiger partial charge in [-0.15, -0.1) is 0 Å². The van der Waals surface area contributed by atoms with Gasteiger partial charge in [0.25, 0.3) is 0 Å². The summed E-state index contributed by atoms with van der Waals surface area (Å²) < 4.78 is 0. The van der Waals surface area contributed by atoms with Crippen molar-refractivity contribution in [3.8, 4) is 0 Å². The molecule has 3 rings (SSSR count). The summed E-state index contributed by atoms with van der Waals surface area (Å²) in [5.41, 5.74) is 12.8. The molecule has 0 bridgehead atoms. The highest BCUT2D eigenvalue weighted by molar-refractivity contribution is 5.66. The first kappa shape index (κ1) is 29.9. The van der Waals surface area contributed by atoms with E-state index in [1.54, 1.807) is 0 Å². The molecule has 0 nitrogen and oxygen atoms in total. The van der Waals surface area contributed by atoms with Crippen LogP contribution in [0.2, 0.25) is 0 Å². The molecule has 2 aromatic rings. The number of rotatable bonds is 10. The third-order valence-corrected chi connectivity index (χ3v) is 7.66. The van der Waals surface area contributed by atoms with Crippen molar-refractivity contribution in [3.63, 3.8) is 0 Å².